The number of carboxylic acid groups (broad SMARTS) is 1. The van der Waals surface area contributed by atoms with Crippen LogP contribution < -0.4 is 14.6 Å². The third kappa shape index (κ3) is 6.43. The summed E-state index contributed by atoms with van der Waals surface area (Å²) < 4.78 is 22.8. The van der Waals surface area contributed by atoms with E-state index in [1.165, 1.54) is 0 Å². The second kappa shape index (κ2) is 10.3. The number of carbonyl (C=O) groups is 1. The number of methoxy groups -OCH3 is 1. The highest BCUT2D eigenvalue weighted by Crippen LogP contribution is 2.41. The van der Waals surface area contributed by atoms with Crippen molar-refractivity contribution in [3.8, 4) is 22.6 Å². The summed E-state index contributed by atoms with van der Waals surface area (Å²) in [5, 5.41) is 12.2. The molecule has 0 heterocycles. The lowest BCUT2D eigenvalue weighted by atomic mass is 10.00. The number of hydrogen-bond donors (Lipinski definition) is 3. The van der Waals surface area contributed by atoms with Gasteiger partial charge >= 0.3 is 13.6 Å². The third-order valence-corrected chi connectivity index (χ3v) is 5.72. The van der Waals surface area contributed by atoms with Gasteiger partial charge in [0.2, 0.25) is 0 Å². The van der Waals surface area contributed by atoms with Crippen molar-refractivity contribution < 1.29 is 28.6 Å². The molecule has 0 aromatic heterocycles. The van der Waals surface area contributed by atoms with Crippen LogP contribution in [0, 0.1) is 0 Å². The first kappa shape index (κ1) is 22.6. The third-order valence-electron chi connectivity index (χ3n) is 4.64. The zero-order chi connectivity index (χ0) is 22.3. The minimum Gasteiger partial charge on any atom is -0.496 e. The Labute approximate surface area is 180 Å². The maximum atomic E-state index is 12.3. The molecule has 162 valence electrons. The summed E-state index contributed by atoms with van der Waals surface area (Å²) in [5.41, 5.74) is 2.65. The van der Waals surface area contributed by atoms with Gasteiger partial charge in [0.1, 0.15) is 23.8 Å². The van der Waals surface area contributed by atoms with Crippen LogP contribution in [0.5, 0.6) is 11.5 Å². The smallest absolute Gasteiger partial charge is 0.390 e. The maximum Gasteiger partial charge on any atom is 0.390 e. The topological polar surface area (TPSA) is 105 Å². The standard InChI is InChI=1S/C23H24NO6P/c1-29-22-10-6-5-9-20(22)18-13-11-17(12-14-18)15-21(23(25)26)24-16-31(27,28)30-19-7-3-2-4-8-19/h2-14,21,24H,15-16H2,1H3,(H,25,26)(H,27,28)/t21-/m0/s1. The molecule has 8 heteroatoms. The molecule has 0 aliphatic rings. The second-order valence-corrected chi connectivity index (χ2v) is 8.67. The van der Waals surface area contributed by atoms with E-state index in [2.05, 4.69) is 5.32 Å². The molecule has 0 saturated carbocycles. The molecule has 0 bridgehead atoms. The van der Waals surface area contributed by atoms with Crippen molar-refractivity contribution in [2.45, 2.75) is 12.5 Å². The van der Waals surface area contributed by atoms with E-state index in [0.29, 0.717) is 0 Å². The quantitative estimate of drug-likeness (QED) is 0.406. The fourth-order valence-corrected chi connectivity index (χ4v) is 4.06. The van der Waals surface area contributed by atoms with Crippen molar-refractivity contribution in [3.05, 3.63) is 84.4 Å². The van der Waals surface area contributed by atoms with E-state index in [9.17, 15) is 19.4 Å². The van der Waals surface area contributed by atoms with E-state index in [4.69, 9.17) is 9.26 Å². The molecule has 2 atom stereocenters. The fourth-order valence-electron chi connectivity index (χ4n) is 3.09. The number of aliphatic carboxylic acids is 1. The summed E-state index contributed by atoms with van der Waals surface area (Å²) in [5.74, 6) is -0.125. The molecule has 3 rings (SSSR count). The Morgan fingerprint density at radius 1 is 1.00 bits per heavy atom. The van der Waals surface area contributed by atoms with Crippen LogP contribution in [-0.2, 0) is 15.8 Å². The summed E-state index contributed by atoms with van der Waals surface area (Å²) in [7, 11) is -2.45. The summed E-state index contributed by atoms with van der Waals surface area (Å²) in [6.07, 6.45) is -0.342. The molecule has 0 aliphatic carbocycles. The molecule has 1 unspecified atom stereocenters. The van der Waals surface area contributed by atoms with Crippen LogP contribution in [0.15, 0.2) is 78.9 Å². The number of rotatable bonds is 10. The predicted molar refractivity (Wildman–Crippen MR) is 118 cm³/mol. The number of hydrogen-bond acceptors (Lipinski definition) is 5. The Morgan fingerprint density at radius 2 is 1.65 bits per heavy atom. The molecule has 0 amide bonds. The van der Waals surface area contributed by atoms with Gasteiger partial charge in [-0.1, -0.05) is 60.7 Å². The number of para-hydroxylation sites is 2. The summed E-state index contributed by atoms with van der Waals surface area (Å²) in [4.78, 5) is 21.7. The van der Waals surface area contributed by atoms with E-state index >= 15 is 0 Å². The summed E-state index contributed by atoms with van der Waals surface area (Å²) in [6, 6.07) is 22.3. The van der Waals surface area contributed by atoms with Gasteiger partial charge in [-0.25, -0.2) is 4.57 Å². The average molecular weight is 441 g/mol. The van der Waals surface area contributed by atoms with E-state index in [-0.39, 0.29) is 12.2 Å². The molecule has 3 aromatic rings. The minimum absolute atomic E-state index is 0.146. The Kier molecular flexibility index (Phi) is 7.47. The zero-order valence-corrected chi connectivity index (χ0v) is 17.9. The van der Waals surface area contributed by atoms with Gasteiger partial charge in [-0.15, -0.1) is 0 Å². The van der Waals surface area contributed by atoms with Gasteiger partial charge in [0, 0.05) is 5.56 Å². The van der Waals surface area contributed by atoms with Crippen LogP contribution >= 0.6 is 7.60 Å². The second-order valence-electron chi connectivity index (χ2n) is 6.90. The fraction of sp³-hybridized carbons (Fsp3) is 0.174. The monoisotopic (exact) mass is 441 g/mol. The SMILES string of the molecule is COc1ccccc1-c1ccc(C[C@H](NCP(=O)(O)Oc2ccccc2)C(=O)O)cc1. The first-order valence-electron chi connectivity index (χ1n) is 9.63. The van der Waals surface area contributed by atoms with Crippen LogP contribution in [0.25, 0.3) is 11.1 Å². The highest BCUT2D eigenvalue weighted by molar-refractivity contribution is 7.53. The van der Waals surface area contributed by atoms with Crippen molar-refractivity contribution >= 4 is 13.6 Å². The van der Waals surface area contributed by atoms with Crippen molar-refractivity contribution in [1.29, 1.82) is 0 Å². The van der Waals surface area contributed by atoms with Crippen LogP contribution in [0.2, 0.25) is 0 Å². The summed E-state index contributed by atoms with van der Waals surface area (Å²) >= 11 is 0. The first-order valence-corrected chi connectivity index (χ1v) is 11.4. The lowest BCUT2D eigenvalue weighted by Crippen LogP contribution is -2.39. The van der Waals surface area contributed by atoms with Crippen molar-refractivity contribution in [3.63, 3.8) is 0 Å². The first-order chi connectivity index (χ1) is 14.9. The molecule has 0 spiro atoms. The molecular weight excluding hydrogens is 417 g/mol. The predicted octanol–water partition coefficient (Wildman–Crippen LogP) is 4.17. The number of benzene rings is 3. The van der Waals surface area contributed by atoms with Crippen molar-refractivity contribution in [2.75, 3.05) is 13.4 Å². The van der Waals surface area contributed by atoms with Crippen molar-refractivity contribution in [1.82, 2.24) is 5.32 Å². The van der Waals surface area contributed by atoms with Crippen LogP contribution in [0.3, 0.4) is 0 Å². The zero-order valence-electron chi connectivity index (χ0n) is 17.0. The normalized spacial score (nSPS) is 13.7. The maximum absolute atomic E-state index is 12.3. The van der Waals surface area contributed by atoms with E-state index in [1.807, 2.05) is 48.5 Å². The molecule has 0 aliphatic heterocycles. The highest BCUT2D eigenvalue weighted by Gasteiger charge is 2.26. The Hall–Kier alpha value is -3.12. The molecule has 0 saturated heterocycles. The van der Waals surface area contributed by atoms with Gasteiger partial charge in [0.25, 0.3) is 0 Å². The minimum atomic E-state index is -4.06. The molecule has 0 radical (unpaired) electrons. The lowest BCUT2D eigenvalue weighted by molar-refractivity contribution is -0.139. The van der Waals surface area contributed by atoms with Crippen molar-refractivity contribution in [2.24, 2.45) is 0 Å². The van der Waals surface area contributed by atoms with Crippen LogP contribution in [0.1, 0.15) is 5.56 Å². The van der Waals surface area contributed by atoms with Gasteiger partial charge in [0.15, 0.2) is 0 Å². The van der Waals surface area contributed by atoms with E-state index in [1.54, 1.807) is 37.4 Å². The van der Waals surface area contributed by atoms with Gasteiger partial charge in [-0.3, -0.25) is 10.1 Å². The highest BCUT2D eigenvalue weighted by atomic mass is 31.2. The van der Waals surface area contributed by atoms with E-state index < -0.39 is 25.9 Å². The Bertz CT molecular complexity index is 1060. The number of nitrogens with one attached hydrogen (secondary N) is 1. The lowest BCUT2D eigenvalue weighted by Gasteiger charge is -2.18. The Morgan fingerprint density at radius 3 is 2.29 bits per heavy atom. The van der Waals surface area contributed by atoms with Gasteiger partial charge in [-0.05, 0) is 35.7 Å². The van der Waals surface area contributed by atoms with Gasteiger partial charge in [0.05, 0.1) is 7.11 Å². The molecule has 0 fully saturated rings. The summed E-state index contributed by atoms with van der Waals surface area (Å²) in [6.45, 7) is 0. The molecule has 3 aromatic carbocycles. The molecular formula is C23H24NO6P. The molecule has 31 heavy (non-hydrogen) atoms. The molecule has 7 nitrogen and oxygen atoms in total. The molecule has 3 N–H and O–H groups in total. The number of carboxylic acids is 1. The average Bonchev–Trinajstić information content (AvgIpc) is 2.77. The van der Waals surface area contributed by atoms with Gasteiger partial charge < -0.3 is 19.3 Å². The Balaban J connectivity index is 1.65. The van der Waals surface area contributed by atoms with Crippen LogP contribution in [-0.4, -0.2) is 35.4 Å². The van der Waals surface area contributed by atoms with Crippen LogP contribution in [0.4, 0.5) is 0 Å². The largest absolute Gasteiger partial charge is 0.496 e. The number of ether oxygens (including phenoxy) is 1. The van der Waals surface area contributed by atoms with Gasteiger partial charge in [-0.2, -0.15) is 0 Å². The van der Waals surface area contributed by atoms with E-state index in [0.717, 1.165) is 22.4 Å².